The fourth-order valence-electron chi connectivity index (χ4n) is 5.10. The zero-order valence-corrected chi connectivity index (χ0v) is 23.7. The Balaban J connectivity index is 1.34. The van der Waals surface area contributed by atoms with Crippen LogP contribution in [0.15, 0.2) is 35.2 Å². The third-order valence-corrected chi connectivity index (χ3v) is 8.58. The van der Waals surface area contributed by atoms with Crippen LogP contribution in [0.1, 0.15) is 61.0 Å². The van der Waals surface area contributed by atoms with Gasteiger partial charge in [0.25, 0.3) is 10.0 Å². The highest BCUT2D eigenvalue weighted by Crippen LogP contribution is 2.55. The summed E-state index contributed by atoms with van der Waals surface area (Å²) >= 11 is 0. The van der Waals surface area contributed by atoms with Crippen LogP contribution in [0.2, 0.25) is 0 Å². The summed E-state index contributed by atoms with van der Waals surface area (Å²) in [6.07, 6.45) is 0.698. The largest absolute Gasteiger partial charge is 0.492 e. The predicted molar refractivity (Wildman–Crippen MR) is 142 cm³/mol. The first-order valence-electron chi connectivity index (χ1n) is 13.1. The highest BCUT2D eigenvalue weighted by atomic mass is 32.2. The smallest absolute Gasteiger partial charge is 0.410 e. The van der Waals surface area contributed by atoms with Crippen molar-refractivity contribution < 1.29 is 41.3 Å². The number of halogens is 1. The maximum Gasteiger partial charge on any atom is 0.410 e. The molecule has 3 aliphatic rings. The molecule has 2 aromatic rings. The summed E-state index contributed by atoms with van der Waals surface area (Å²) in [6, 6.07) is 6.66. The van der Waals surface area contributed by atoms with E-state index in [1.165, 1.54) is 25.3 Å². The number of nitrogens with zero attached hydrogens (tertiary/aromatic N) is 1. The van der Waals surface area contributed by atoms with Crippen LogP contribution in [-0.4, -0.2) is 63.9 Å². The highest BCUT2D eigenvalue weighted by molar-refractivity contribution is 7.92. The van der Waals surface area contributed by atoms with Gasteiger partial charge in [0.15, 0.2) is 0 Å². The van der Waals surface area contributed by atoms with Crippen molar-refractivity contribution in [3.63, 3.8) is 0 Å². The van der Waals surface area contributed by atoms with E-state index in [0.29, 0.717) is 32.0 Å². The van der Waals surface area contributed by atoms with Crippen molar-refractivity contribution in [2.24, 2.45) is 5.92 Å². The quantitative estimate of drug-likeness (QED) is 0.481. The molecule has 216 valence electrons. The summed E-state index contributed by atoms with van der Waals surface area (Å²) in [4.78, 5) is 26.3. The van der Waals surface area contributed by atoms with Gasteiger partial charge in [-0.05, 0) is 69.4 Å². The lowest BCUT2D eigenvalue weighted by atomic mass is 10.0. The molecule has 1 saturated carbocycles. The molecule has 5 rings (SSSR count). The number of methoxy groups -OCH3 is 1. The molecule has 1 aliphatic carbocycles. The number of rotatable bonds is 7. The molecule has 2 fully saturated rings. The molecule has 1 saturated heterocycles. The maximum atomic E-state index is 14.2. The van der Waals surface area contributed by atoms with E-state index >= 15 is 0 Å². The molecule has 1 amide bonds. The van der Waals surface area contributed by atoms with Gasteiger partial charge in [0.1, 0.15) is 27.6 Å². The summed E-state index contributed by atoms with van der Waals surface area (Å²) < 4.78 is 65.9. The van der Waals surface area contributed by atoms with E-state index < -0.39 is 33.5 Å². The van der Waals surface area contributed by atoms with Gasteiger partial charge in [-0.25, -0.2) is 22.4 Å². The molecule has 2 heterocycles. The summed E-state index contributed by atoms with van der Waals surface area (Å²) in [6.45, 7) is 6.40. The Labute approximate surface area is 232 Å². The Morgan fingerprint density at radius 1 is 1.20 bits per heavy atom. The van der Waals surface area contributed by atoms with Crippen molar-refractivity contribution in [2.45, 2.75) is 62.7 Å². The van der Waals surface area contributed by atoms with E-state index in [0.717, 1.165) is 18.1 Å². The standard InChI is InChI=1S/C28H33FN2O8S/c1-28(2,3)39-27(33)31-10-9-19(13-31)37-15-17-11-18(29)5-7-22(17)30-40(34,35)23-8-6-20-21-12-16(21)14-38-25(20)24(23)26(32)36-4/h5-8,11,16,19,21,30H,9-10,12-15H2,1-4H3/t16-,19-,21-/m0/s1. The summed E-state index contributed by atoms with van der Waals surface area (Å²) in [5.74, 6) is -0.558. The monoisotopic (exact) mass is 576 g/mol. The topological polar surface area (TPSA) is 120 Å². The van der Waals surface area contributed by atoms with Crippen molar-refractivity contribution in [1.82, 2.24) is 4.90 Å². The number of likely N-dealkylation sites (tertiary alicyclic amines) is 1. The zero-order valence-electron chi connectivity index (χ0n) is 22.9. The second kappa shape index (κ2) is 10.5. The SMILES string of the molecule is COC(=O)c1c(S(=O)(=O)Nc2ccc(F)cc2CO[C@H]2CCN(C(=O)OC(C)(C)C)C2)ccc2c1OC[C@@H]1C[C@H]21. The number of amides is 1. The normalized spacial score (nSPS) is 21.6. The summed E-state index contributed by atoms with van der Waals surface area (Å²) in [7, 11) is -3.15. The van der Waals surface area contributed by atoms with Crippen LogP contribution >= 0.6 is 0 Å². The second-order valence-corrected chi connectivity index (χ2v) is 13.0. The molecular formula is C28H33FN2O8S. The van der Waals surface area contributed by atoms with Crippen LogP contribution < -0.4 is 9.46 Å². The number of sulfonamides is 1. The van der Waals surface area contributed by atoms with Gasteiger partial charge in [-0.3, -0.25) is 4.72 Å². The number of ether oxygens (including phenoxy) is 4. The average molecular weight is 577 g/mol. The Hall–Kier alpha value is -3.38. The van der Waals surface area contributed by atoms with Crippen LogP contribution in [0.3, 0.4) is 0 Å². The molecule has 0 spiro atoms. The van der Waals surface area contributed by atoms with Crippen molar-refractivity contribution in [3.8, 4) is 5.75 Å². The van der Waals surface area contributed by atoms with Crippen molar-refractivity contribution in [2.75, 3.05) is 31.5 Å². The summed E-state index contributed by atoms with van der Waals surface area (Å²) in [5.41, 5.74) is 0.366. The first-order valence-corrected chi connectivity index (χ1v) is 14.6. The Kier molecular flexibility index (Phi) is 7.43. The number of hydrogen-bond donors (Lipinski definition) is 1. The lowest BCUT2D eigenvalue weighted by Crippen LogP contribution is -2.36. The molecule has 2 aliphatic heterocycles. The number of hydrogen-bond acceptors (Lipinski definition) is 8. The van der Waals surface area contributed by atoms with Crippen LogP contribution in [0, 0.1) is 11.7 Å². The van der Waals surface area contributed by atoms with E-state index in [9.17, 15) is 22.4 Å². The van der Waals surface area contributed by atoms with Gasteiger partial charge in [-0.2, -0.15) is 0 Å². The number of esters is 1. The molecular weight excluding hydrogens is 543 g/mol. The molecule has 2 aromatic carbocycles. The third kappa shape index (κ3) is 5.87. The van der Waals surface area contributed by atoms with E-state index in [4.69, 9.17) is 18.9 Å². The highest BCUT2D eigenvalue weighted by Gasteiger charge is 2.46. The number of carbonyl (C=O) groups excluding carboxylic acids is 2. The average Bonchev–Trinajstić information content (AvgIpc) is 3.54. The lowest BCUT2D eigenvalue weighted by molar-refractivity contribution is 0.0184. The molecule has 10 nitrogen and oxygen atoms in total. The predicted octanol–water partition coefficient (Wildman–Crippen LogP) is 4.44. The summed E-state index contributed by atoms with van der Waals surface area (Å²) in [5, 5.41) is 0. The van der Waals surface area contributed by atoms with Gasteiger partial charge in [0.05, 0.1) is 38.7 Å². The second-order valence-electron chi connectivity index (χ2n) is 11.3. The lowest BCUT2D eigenvalue weighted by Gasteiger charge is -2.24. The fourth-order valence-corrected chi connectivity index (χ4v) is 6.39. The number of fused-ring (bicyclic) bond motifs is 3. The van der Waals surface area contributed by atoms with E-state index in [-0.39, 0.29) is 46.1 Å². The minimum atomic E-state index is -4.32. The van der Waals surface area contributed by atoms with Crippen molar-refractivity contribution >= 4 is 27.8 Å². The molecule has 0 aromatic heterocycles. The Morgan fingerprint density at radius 2 is 1.98 bits per heavy atom. The molecule has 3 atom stereocenters. The molecule has 0 radical (unpaired) electrons. The number of nitrogens with one attached hydrogen (secondary N) is 1. The number of carbonyl (C=O) groups is 2. The van der Waals surface area contributed by atoms with Gasteiger partial charge in [-0.15, -0.1) is 0 Å². The van der Waals surface area contributed by atoms with Crippen LogP contribution in [0.5, 0.6) is 5.75 Å². The first-order chi connectivity index (χ1) is 18.9. The number of benzene rings is 2. The van der Waals surface area contributed by atoms with Gasteiger partial charge in [0.2, 0.25) is 0 Å². The first kappa shape index (κ1) is 28.2. The van der Waals surface area contributed by atoms with E-state index in [1.807, 2.05) is 0 Å². The maximum absolute atomic E-state index is 14.2. The third-order valence-electron chi connectivity index (χ3n) is 7.18. The molecule has 40 heavy (non-hydrogen) atoms. The van der Waals surface area contributed by atoms with E-state index in [1.54, 1.807) is 31.7 Å². The minimum Gasteiger partial charge on any atom is -0.492 e. The van der Waals surface area contributed by atoms with Crippen LogP contribution in [0.25, 0.3) is 0 Å². The van der Waals surface area contributed by atoms with Gasteiger partial charge >= 0.3 is 12.1 Å². The van der Waals surface area contributed by atoms with Gasteiger partial charge in [0, 0.05) is 18.0 Å². The molecule has 12 heteroatoms. The number of anilines is 1. The van der Waals surface area contributed by atoms with Crippen LogP contribution in [-0.2, 0) is 30.8 Å². The van der Waals surface area contributed by atoms with Gasteiger partial charge < -0.3 is 23.8 Å². The van der Waals surface area contributed by atoms with Gasteiger partial charge in [-0.1, -0.05) is 6.07 Å². The van der Waals surface area contributed by atoms with Crippen LogP contribution in [0.4, 0.5) is 14.9 Å². The van der Waals surface area contributed by atoms with E-state index in [2.05, 4.69) is 4.72 Å². The minimum absolute atomic E-state index is 0.0973. The zero-order chi connectivity index (χ0) is 28.8. The molecule has 1 N–H and O–H groups in total. The molecule has 0 bridgehead atoms. The van der Waals surface area contributed by atoms with Crippen molar-refractivity contribution in [3.05, 3.63) is 52.8 Å². The van der Waals surface area contributed by atoms with Crippen molar-refractivity contribution in [1.29, 1.82) is 0 Å². The Morgan fingerprint density at radius 3 is 2.70 bits per heavy atom. The Bertz CT molecular complexity index is 1440. The molecule has 0 unspecified atom stereocenters. The fraction of sp³-hybridized carbons (Fsp3) is 0.500.